The highest BCUT2D eigenvalue weighted by Gasteiger charge is 2.29. The molecular formula is C15H22O2. The second kappa shape index (κ2) is 5.09. The van der Waals surface area contributed by atoms with E-state index in [-0.39, 0.29) is 6.10 Å². The maximum absolute atomic E-state index is 9.85. The molecule has 17 heavy (non-hydrogen) atoms. The van der Waals surface area contributed by atoms with Gasteiger partial charge in [0.25, 0.3) is 0 Å². The van der Waals surface area contributed by atoms with Crippen molar-refractivity contribution in [3.8, 4) is 5.75 Å². The van der Waals surface area contributed by atoms with Crippen molar-refractivity contribution in [3.63, 3.8) is 0 Å². The summed E-state index contributed by atoms with van der Waals surface area (Å²) in [6.45, 7) is 7.01. The number of ether oxygens (including phenoxy) is 1. The van der Waals surface area contributed by atoms with Gasteiger partial charge in [-0.1, -0.05) is 32.0 Å². The molecule has 0 amide bonds. The standard InChI is InChI=1S/C15H22O2/c1-10(2)14(11(3)16)8-12-9-17-15-7-5-4-6-13(12)15/h4-7,10-12,14,16H,8-9H2,1-3H3. The molecule has 0 saturated heterocycles. The Balaban J connectivity index is 2.10. The van der Waals surface area contributed by atoms with Crippen LogP contribution in [0.4, 0.5) is 0 Å². The molecule has 1 aromatic carbocycles. The molecule has 94 valence electrons. The summed E-state index contributed by atoms with van der Waals surface area (Å²) in [5.74, 6) is 2.30. The van der Waals surface area contributed by atoms with Crippen LogP contribution in [0.5, 0.6) is 5.75 Å². The predicted molar refractivity (Wildman–Crippen MR) is 69.3 cm³/mol. The number of aliphatic hydroxyl groups is 1. The summed E-state index contributed by atoms with van der Waals surface area (Å²) in [4.78, 5) is 0. The normalized spacial score (nSPS) is 22.1. The lowest BCUT2D eigenvalue weighted by Crippen LogP contribution is -2.25. The third-order valence-corrected chi connectivity index (χ3v) is 3.83. The lowest BCUT2D eigenvalue weighted by Gasteiger charge is -2.26. The fourth-order valence-corrected chi connectivity index (χ4v) is 2.78. The molecule has 1 aliphatic heterocycles. The van der Waals surface area contributed by atoms with E-state index in [1.165, 1.54) is 5.56 Å². The van der Waals surface area contributed by atoms with Gasteiger partial charge in [0.15, 0.2) is 0 Å². The van der Waals surface area contributed by atoms with E-state index in [1.54, 1.807) is 0 Å². The highest BCUT2D eigenvalue weighted by Crippen LogP contribution is 2.39. The Morgan fingerprint density at radius 3 is 2.65 bits per heavy atom. The van der Waals surface area contributed by atoms with E-state index in [0.717, 1.165) is 18.8 Å². The van der Waals surface area contributed by atoms with Crippen LogP contribution in [-0.2, 0) is 0 Å². The van der Waals surface area contributed by atoms with Crippen LogP contribution in [-0.4, -0.2) is 17.8 Å². The maximum atomic E-state index is 9.85. The Bertz CT molecular complexity index is 363. The molecule has 1 aliphatic rings. The van der Waals surface area contributed by atoms with E-state index >= 15 is 0 Å². The average Bonchev–Trinajstić information content (AvgIpc) is 2.68. The molecule has 0 saturated carbocycles. The van der Waals surface area contributed by atoms with Crippen molar-refractivity contribution < 1.29 is 9.84 Å². The Morgan fingerprint density at radius 1 is 1.29 bits per heavy atom. The molecule has 3 atom stereocenters. The van der Waals surface area contributed by atoms with Crippen LogP contribution >= 0.6 is 0 Å². The molecule has 0 bridgehead atoms. The van der Waals surface area contributed by atoms with E-state index in [9.17, 15) is 5.11 Å². The largest absolute Gasteiger partial charge is 0.493 e. The van der Waals surface area contributed by atoms with Gasteiger partial charge in [-0.15, -0.1) is 0 Å². The summed E-state index contributed by atoms with van der Waals surface area (Å²) >= 11 is 0. The fourth-order valence-electron chi connectivity index (χ4n) is 2.78. The van der Waals surface area contributed by atoms with Crippen molar-refractivity contribution >= 4 is 0 Å². The molecule has 1 N–H and O–H groups in total. The van der Waals surface area contributed by atoms with Crippen LogP contribution in [0.15, 0.2) is 24.3 Å². The zero-order chi connectivity index (χ0) is 12.4. The van der Waals surface area contributed by atoms with Crippen molar-refractivity contribution in [1.29, 1.82) is 0 Å². The van der Waals surface area contributed by atoms with Crippen LogP contribution in [0.3, 0.4) is 0 Å². The van der Waals surface area contributed by atoms with Gasteiger partial charge in [-0.05, 0) is 31.2 Å². The summed E-state index contributed by atoms with van der Waals surface area (Å²) in [5, 5.41) is 9.85. The topological polar surface area (TPSA) is 29.5 Å². The molecule has 2 heteroatoms. The van der Waals surface area contributed by atoms with Gasteiger partial charge in [0.2, 0.25) is 0 Å². The van der Waals surface area contributed by atoms with Gasteiger partial charge >= 0.3 is 0 Å². The molecular weight excluding hydrogens is 212 g/mol. The van der Waals surface area contributed by atoms with Crippen LogP contribution < -0.4 is 4.74 Å². The third kappa shape index (κ3) is 2.63. The van der Waals surface area contributed by atoms with Gasteiger partial charge in [-0.25, -0.2) is 0 Å². The Morgan fingerprint density at radius 2 is 2.00 bits per heavy atom. The Labute approximate surface area is 104 Å². The van der Waals surface area contributed by atoms with Crippen molar-refractivity contribution in [1.82, 2.24) is 0 Å². The maximum Gasteiger partial charge on any atom is 0.122 e. The summed E-state index contributed by atoms with van der Waals surface area (Å²) in [6.07, 6.45) is 0.759. The first-order valence-electron chi connectivity index (χ1n) is 6.49. The SMILES string of the molecule is CC(C)C(CC1COc2ccccc21)C(C)O. The first-order valence-corrected chi connectivity index (χ1v) is 6.49. The number of para-hydroxylation sites is 1. The van der Waals surface area contributed by atoms with E-state index in [0.29, 0.717) is 17.8 Å². The number of fused-ring (bicyclic) bond motifs is 1. The summed E-state index contributed by atoms with van der Waals surface area (Å²) < 4.78 is 5.69. The molecule has 0 fully saturated rings. The first kappa shape index (κ1) is 12.4. The molecule has 1 heterocycles. The van der Waals surface area contributed by atoms with Crippen LogP contribution in [0.2, 0.25) is 0 Å². The monoisotopic (exact) mass is 234 g/mol. The fraction of sp³-hybridized carbons (Fsp3) is 0.600. The molecule has 0 spiro atoms. The zero-order valence-electron chi connectivity index (χ0n) is 10.9. The molecule has 0 radical (unpaired) electrons. The highest BCUT2D eigenvalue weighted by molar-refractivity contribution is 5.39. The van der Waals surface area contributed by atoms with Gasteiger partial charge in [0, 0.05) is 11.5 Å². The van der Waals surface area contributed by atoms with Gasteiger partial charge in [0.05, 0.1) is 12.7 Å². The van der Waals surface area contributed by atoms with Crippen LogP contribution in [0, 0.1) is 11.8 Å². The Hall–Kier alpha value is -1.02. The van der Waals surface area contributed by atoms with Gasteiger partial charge in [0.1, 0.15) is 5.75 Å². The second-order valence-electron chi connectivity index (χ2n) is 5.43. The number of benzene rings is 1. The number of hydrogen-bond acceptors (Lipinski definition) is 2. The van der Waals surface area contributed by atoms with E-state index in [2.05, 4.69) is 26.0 Å². The van der Waals surface area contributed by atoms with Crippen LogP contribution in [0.1, 0.15) is 38.7 Å². The summed E-state index contributed by atoms with van der Waals surface area (Å²) in [5.41, 5.74) is 1.30. The van der Waals surface area contributed by atoms with Crippen molar-refractivity contribution in [2.45, 2.75) is 39.2 Å². The summed E-state index contributed by atoms with van der Waals surface area (Å²) in [6, 6.07) is 8.25. The number of hydrogen-bond donors (Lipinski definition) is 1. The lowest BCUT2D eigenvalue weighted by atomic mass is 9.81. The molecule has 2 rings (SSSR count). The minimum absolute atomic E-state index is 0.247. The van der Waals surface area contributed by atoms with Crippen molar-refractivity contribution in [3.05, 3.63) is 29.8 Å². The third-order valence-electron chi connectivity index (χ3n) is 3.83. The zero-order valence-corrected chi connectivity index (χ0v) is 10.9. The minimum atomic E-state index is -0.247. The predicted octanol–water partition coefficient (Wildman–Crippen LogP) is 3.21. The molecule has 0 aliphatic carbocycles. The van der Waals surface area contributed by atoms with Crippen molar-refractivity contribution in [2.24, 2.45) is 11.8 Å². The van der Waals surface area contributed by atoms with E-state index in [1.807, 2.05) is 19.1 Å². The smallest absolute Gasteiger partial charge is 0.122 e. The minimum Gasteiger partial charge on any atom is -0.493 e. The Kier molecular flexibility index (Phi) is 3.72. The first-order chi connectivity index (χ1) is 8.09. The lowest BCUT2D eigenvalue weighted by molar-refractivity contribution is 0.0849. The average molecular weight is 234 g/mol. The summed E-state index contributed by atoms with van der Waals surface area (Å²) in [7, 11) is 0. The number of aliphatic hydroxyl groups excluding tert-OH is 1. The molecule has 1 aromatic rings. The highest BCUT2D eigenvalue weighted by atomic mass is 16.5. The quantitative estimate of drug-likeness (QED) is 0.867. The second-order valence-corrected chi connectivity index (χ2v) is 5.43. The van der Waals surface area contributed by atoms with Crippen LogP contribution in [0.25, 0.3) is 0 Å². The van der Waals surface area contributed by atoms with Gasteiger partial charge in [-0.2, -0.15) is 0 Å². The number of rotatable bonds is 4. The molecule has 2 nitrogen and oxygen atoms in total. The van der Waals surface area contributed by atoms with Gasteiger partial charge in [-0.3, -0.25) is 0 Å². The van der Waals surface area contributed by atoms with E-state index < -0.39 is 0 Å². The van der Waals surface area contributed by atoms with E-state index in [4.69, 9.17) is 4.74 Å². The van der Waals surface area contributed by atoms with Gasteiger partial charge < -0.3 is 9.84 Å². The molecule has 0 aromatic heterocycles. The van der Waals surface area contributed by atoms with Crippen molar-refractivity contribution in [2.75, 3.05) is 6.61 Å². The molecule has 3 unspecified atom stereocenters.